The summed E-state index contributed by atoms with van der Waals surface area (Å²) in [7, 11) is 0. The molecular weight excluding hydrogens is 377 g/mol. The summed E-state index contributed by atoms with van der Waals surface area (Å²) in [5.74, 6) is 1.34. The third kappa shape index (κ3) is 3.83. The molecule has 0 amide bonds. The Morgan fingerprint density at radius 2 is 2.11 bits per heavy atom. The number of fused-ring (bicyclic) bond motifs is 3. The SMILES string of the molecule is Cc1nc(NCc2cccnc2OCC(F)(F)F)c2c3c(sc2n1)CCC3. The largest absolute Gasteiger partial charge is 0.468 e. The number of thiophene rings is 1. The zero-order valence-corrected chi connectivity index (χ0v) is 15.4. The number of hydrogen-bond acceptors (Lipinski definition) is 6. The van der Waals surface area contributed by atoms with Crippen LogP contribution in [0.3, 0.4) is 0 Å². The summed E-state index contributed by atoms with van der Waals surface area (Å²) in [5.41, 5.74) is 1.83. The topological polar surface area (TPSA) is 59.9 Å². The predicted octanol–water partition coefficient (Wildman–Crippen LogP) is 4.44. The molecule has 1 aliphatic rings. The van der Waals surface area contributed by atoms with Gasteiger partial charge in [-0.2, -0.15) is 13.2 Å². The number of aromatic nitrogens is 3. The lowest BCUT2D eigenvalue weighted by Crippen LogP contribution is -2.20. The molecule has 0 radical (unpaired) electrons. The zero-order valence-electron chi connectivity index (χ0n) is 14.6. The maximum absolute atomic E-state index is 12.5. The molecule has 0 aromatic carbocycles. The third-order valence-corrected chi connectivity index (χ3v) is 5.53. The molecule has 1 aliphatic carbocycles. The Labute approximate surface area is 157 Å². The first-order valence-electron chi connectivity index (χ1n) is 8.57. The van der Waals surface area contributed by atoms with Gasteiger partial charge in [0.1, 0.15) is 16.5 Å². The normalized spacial score (nSPS) is 13.8. The number of aryl methyl sites for hydroxylation is 3. The van der Waals surface area contributed by atoms with Crippen LogP contribution in [0.1, 0.15) is 28.2 Å². The maximum Gasteiger partial charge on any atom is 0.422 e. The van der Waals surface area contributed by atoms with Crippen LogP contribution < -0.4 is 10.1 Å². The van der Waals surface area contributed by atoms with Crippen LogP contribution in [0.4, 0.5) is 19.0 Å². The fraction of sp³-hybridized carbons (Fsp3) is 0.389. The number of ether oxygens (including phenoxy) is 1. The summed E-state index contributed by atoms with van der Waals surface area (Å²) >= 11 is 1.70. The fourth-order valence-corrected chi connectivity index (χ4v) is 4.55. The molecule has 9 heteroatoms. The number of anilines is 1. The number of rotatable bonds is 5. The minimum atomic E-state index is -4.41. The van der Waals surface area contributed by atoms with Gasteiger partial charge in [0.05, 0.1) is 5.39 Å². The highest BCUT2D eigenvalue weighted by Crippen LogP contribution is 2.39. The van der Waals surface area contributed by atoms with E-state index in [0.717, 1.165) is 29.5 Å². The van der Waals surface area contributed by atoms with Gasteiger partial charge in [-0.05, 0) is 37.8 Å². The Morgan fingerprint density at radius 1 is 1.26 bits per heavy atom. The Morgan fingerprint density at radius 3 is 2.93 bits per heavy atom. The first kappa shape index (κ1) is 18.0. The molecule has 3 aromatic rings. The average molecular weight is 394 g/mol. The lowest BCUT2D eigenvalue weighted by Gasteiger charge is -2.13. The van der Waals surface area contributed by atoms with Crippen molar-refractivity contribution in [1.29, 1.82) is 0 Å². The quantitative estimate of drug-likeness (QED) is 0.693. The molecule has 3 heterocycles. The molecule has 0 atom stereocenters. The highest BCUT2D eigenvalue weighted by Gasteiger charge is 2.29. The molecule has 0 aliphatic heterocycles. The Balaban J connectivity index is 1.60. The smallest absolute Gasteiger partial charge is 0.422 e. The molecule has 0 bridgehead atoms. The minimum absolute atomic E-state index is 0.0279. The van der Waals surface area contributed by atoms with Crippen molar-refractivity contribution in [3.63, 3.8) is 0 Å². The van der Waals surface area contributed by atoms with E-state index in [2.05, 4.69) is 20.3 Å². The van der Waals surface area contributed by atoms with E-state index < -0.39 is 12.8 Å². The summed E-state index contributed by atoms with van der Waals surface area (Å²) in [4.78, 5) is 15.3. The van der Waals surface area contributed by atoms with Crippen molar-refractivity contribution in [2.75, 3.05) is 11.9 Å². The number of nitrogens with zero attached hydrogens (tertiary/aromatic N) is 3. The van der Waals surface area contributed by atoms with Crippen LogP contribution in [0.25, 0.3) is 10.2 Å². The second-order valence-corrected chi connectivity index (χ2v) is 7.47. The lowest BCUT2D eigenvalue weighted by atomic mass is 10.2. The van der Waals surface area contributed by atoms with Gasteiger partial charge in [0.15, 0.2) is 6.61 Å². The highest BCUT2D eigenvalue weighted by atomic mass is 32.1. The van der Waals surface area contributed by atoms with Crippen LogP contribution in [0.2, 0.25) is 0 Å². The molecular formula is C18H17F3N4OS. The van der Waals surface area contributed by atoms with Gasteiger partial charge < -0.3 is 10.1 Å². The number of hydrogen-bond donors (Lipinski definition) is 1. The van der Waals surface area contributed by atoms with Crippen molar-refractivity contribution in [2.24, 2.45) is 0 Å². The molecule has 0 saturated heterocycles. The summed E-state index contributed by atoms with van der Waals surface area (Å²) in [6.45, 7) is 0.723. The zero-order chi connectivity index (χ0) is 19.0. The van der Waals surface area contributed by atoms with Gasteiger partial charge >= 0.3 is 6.18 Å². The Hall–Kier alpha value is -2.42. The Bertz CT molecular complexity index is 987. The van der Waals surface area contributed by atoms with Crippen molar-refractivity contribution < 1.29 is 17.9 Å². The van der Waals surface area contributed by atoms with Crippen LogP contribution in [0.5, 0.6) is 5.88 Å². The second-order valence-electron chi connectivity index (χ2n) is 6.38. The van der Waals surface area contributed by atoms with E-state index in [1.165, 1.54) is 16.6 Å². The number of halogens is 3. The van der Waals surface area contributed by atoms with Gasteiger partial charge in [-0.25, -0.2) is 15.0 Å². The van der Waals surface area contributed by atoms with Gasteiger partial charge in [0.25, 0.3) is 0 Å². The maximum atomic E-state index is 12.5. The standard InChI is InChI=1S/C18H17F3N4OS/c1-10-24-15(14-12-5-2-6-13(12)27-17(14)25-10)23-8-11-4-3-7-22-16(11)26-9-18(19,20)21/h3-4,7H,2,5-6,8-9H2,1H3,(H,23,24,25). The molecule has 142 valence electrons. The van der Waals surface area contributed by atoms with E-state index in [-0.39, 0.29) is 12.4 Å². The first-order chi connectivity index (χ1) is 12.9. The average Bonchev–Trinajstić information content (AvgIpc) is 3.18. The fourth-order valence-electron chi connectivity index (χ4n) is 3.25. The molecule has 4 rings (SSSR count). The van der Waals surface area contributed by atoms with Gasteiger partial charge in [-0.1, -0.05) is 6.07 Å². The Kier molecular flexibility index (Phi) is 4.63. The van der Waals surface area contributed by atoms with Gasteiger partial charge in [-0.15, -0.1) is 11.3 Å². The second kappa shape index (κ2) is 6.95. The van der Waals surface area contributed by atoms with E-state index in [1.807, 2.05) is 6.92 Å². The van der Waals surface area contributed by atoms with Crippen molar-refractivity contribution in [2.45, 2.75) is 38.9 Å². The van der Waals surface area contributed by atoms with Crippen molar-refractivity contribution >= 4 is 27.4 Å². The van der Waals surface area contributed by atoms with Gasteiger partial charge in [0, 0.05) is 23.2 Å². The first-order valence-corrected chi connectivity index (χ1v) is 9.38. The summed E-state index contributed by atoms with van der Waals surface area (Å²) in [6.07, 6.45) is 0.196. The van der Waals surface area contributed by atoms with Gasteiger partial charge in [0.2, 0.25) is 5.88 Å². The van der Waals surface area contributed by atoms with Crippen molar-refractivity contribution in [1.82, 2.24) is 15.0 Å². The van der Waals surface area contributed by atoms with Gasteiger partial charge in [-0.3, -0.25) is 0 Å². The van der Waals surface area contributed by atoms with E-state index in [0.29, 0.717) is 17.2 Å². The molecule has 0 spiro atoms. The van der Waals surface area contributed by atoms with E-state index in [1.54, 1.807) is 23.5 Å². The molecule has 0 fully saturated rings. The summed E-state index contributed by atoms with van der Waals surface area (Å²) in [5, 5.41) is 4.28. The number of nitrogens with one attached hydrogen (secondary N) is 1. The number of pyridine rings is 1. The summed E-state index contributed by atoms with van der Waals surface area (Å²) in [6, 6.07) is 3.36. The minimum Gasteiger partial charge on any atom is -0.468 e. The van der Waals surface area contributed by atoms with Crippen molar-refractivity contribution in [3.8, 4) is 5.88 Å². The van der Waals surface area contributed by atoms with Crippen molar-refractivity contribution in [3.05, 3.63) is 40.2 Å². The van der Waals surface area contributed by atoms with Crippen LogP contribution in [-0.2, 0) is 19.4 Å². The summed E-state index contributed by atoms with van der Waals surface area (Å²) < 4.78 is 42.2. The molecule has 1 N–H and O–H groups in total. The van der Waals surface area contributed by atoms with E-state index in [9.17, 15) is 13.2 Å². The van der Waals surface area contributed by atoms with Crippen LogP contribution in [0.15, 0.2) is 18.3 Å². The molecule has 27 heavy (non-hydrogen) atoms. The van der Waals surface area contributed by atoms with E-state index in [4.69, 9.17) is 4.74 Å². The molecule has 3 aromatic heterocycles. The van der Waals surface area contributed by atoms with E-state index >= 15 is 0 Å². The molecule has 5 nitrogen and oxygen atoms in total. The van der Waals surface area contributed by atoms with Crippen LogP contribution in [0, 0.1) is 6.92 Å². The predicted molar refractivity (Wildman–Crippen MR) is 97.3 cm³/mol. The lowest BCUT2D eigenvalue weighted by molar-refractivity contribution is -0.154. The third-order valence-electron chi connectivity index (χ3n) is 4.35. The van der Waals surface area contributed by atoms with Crippen LogP contribution in [-0.4, -0.2) is 27.7 Å². The molecule has 0 unspecified atom stereocenters. The van der Waals surface area contributed by atoms with Crippen LogP contribution >= 0.6 is 11.3 Å². The highest BCUT2D eigenvalue weighted by molar-refractivity contribution is 7.19. The number of alkyl halides is 3. The molecule has 0 saturated carbocycles. The monoisotopic (exact) mass is 394 g/mol.